The van der Waals surface area contributed by atoms with E-state index in [9.17, 15) is 0 Å². The first kappa shape index (κ1) is 17.2. The summed E-state index contributed by atoms with van der Waals surface area (Å²) in [6, 6.07) is 16.3. The van der Waals surface area contributed by atoms with Crippen molar-refractivity contribution in [3.05, 3.63) is 59.7 Å². The van der Waals surface area contributed by atoms with Gasteiger partial charge in [0.25, 0.3) is 0 Å². The molecule has 1 aliphatic heterocycles. The van der Waals surface area contributed by atoms with Gasteiger partial charge in [0, 0.05) is 31.8 Å². The van der Waals surface area contributed by atoms with Gasteiger partial charge >= 0.3 is 0 Å². The predicted octanol–water partition coefficient (Wildman–Crippen LogP) is 3.16. The number of anilines is 1. The molecule has 5 nitrogen and oxygen atoms in total. The molecule has 2 aromatic rings. The topological polar surface area (TPSA) is 54.1 Å². The third-order valence-corrected chi connectivity index (χ3v) is 4.52. The maximum atomic E-state index is 5.92. The van der Waals surface area contributed by atoms with Crippen LogP contribution in [-0.4, -0.2) is 37.0 Å². The van der Waals surface area contributed by atoms with Crippen LogP contribution in [0, 0.1) is 0 Å². The molecule has 3 rings (SSSR count). The van der Waals surface area contributed by atoms with E-state index in [4.69, 9.17) is 22.7 Å². The molecule has 1 unspecified atom stereocenters. The molecule has 0 bridgehead atoms. The highest BCUT2D eigenvalue weighted by atomic mass is 32.1. The second-order valence-electron chi connectivity index (χ2n) is 6.17. The van der Waals surface area contributed by atoms with E-state index in [-0.39, 0.29) is 11.2 Å². The van der Waals surface area contributed by atoms with E-state index in [0.717, 1.165) is 34.7 Å². The quantitative estimate of drug-likeness (QED) is 0.855. The number of hydrazone groups is 1. The molecular weight excluding hydrogens is 332 g/mol. The number of ether oxygens (including phenoxy) is 1. The number of nitrogens with two attached hydrogens (primary N) is 1. The summed E-state index contributed by atoms with van der Waals surface area (Å²) in [4.78, 5) is 2.07. The third-order valence-electron chi connectivity index (χ3n) is 4.33. The van der Waals surface area contributed by atoms with Crippen molar-refractivity contribution in [1.82, 2.24) is 5.01 Å². The van der Waals surface area contributed by atoms with E-state index in [1.807, 2.05) is 38.4 Å². The Morgan fingerprint density at radius 2 is 1.96 bits per heavy atom. The molecule has 25 heavy (non-hydrogen) atoms. The molecule has 0 amide bonds. The van der Waals surface area contributed by atoms with Crippen LogP contribution in [0.25, 0.3) is 0 Å². The molecule has 2 aromatic carbocycles. The molecule has 1 aliphatic rings. The molecule has 1 atom stereocenters. The highest BCUT2D eigenvalue weighted by molar-refractivity contribution is 7.80. The van der Waals surface area contributed by atoms with Gasteiger partial charge in [-0.2, -0.15) is 5.10 Å². The van der Waals surface area contributed by atoms with E-state index in [0.29, 0.717) is 0 Å². The van der Waals surface area contributed by atoms with Crippen LogP contribution in [0.15, 0.2) is 53.6 Å². The van der Waals surface area contributed by atoms with E-state index >= 15 is 0 Å². The lowest BCUT2D eigenvalue weighted by Crippen LogP contribution is -2.31. The number of benzene rings is 2. The first-order valence-electron chi connectivity index (χ1n) is 8.07. The van der Waals surface area contributed by atoms with E-state index in [1.165, 1.54) is 0 Å². The maximum absolute atomic E-state index is 5.92. The minimum Gasteiger partial charge on any atom is -0.497 e. The lowest BCUT2D eigenvalue weighted by Gasteiger charge is -2.22. The van der Waals surface area contributed by atoms with Crippen molar-refractivity contribution in [2.45, 2.75) is 12.5 Å². The second kappa shape index (κ2) is 7.11. The van der Waals surface area contributed by atoms with Gasteiger partial charge in [0.1, 0.15) is 5.75 Å². The molecule has 130 valence electrons. The Hall–Kier alpha value is -2.60. The normalized spacial score (nSPS) is 16.5. The van der Waals surface area contributed by atoms with Gasteiger partial charge in [0.05, 0.1) is 18.9 Å². The molecule has 0 radical (unpaired) electrons. The van der Waals surface area contributed by atoms with E-state index in [1.54, 1.807) is 12.1 Å². The van der Waals surface area contributed by atoms with Crippen molar-refractivity contribution in [3.8, 4) is 5.75 Å². The van der Waals surface area contributed by atoms with Gasteiger partial charge in [-0.3, -0.25) is 0 Å². The zero-order valence-corrected chi connectivity index (χ0v) is 15.5. The number of rotatable bonds is 4. The Labute approximate surface area is 153 Å². The van der Waals surface area contributed by atoms with Gasteiger partial charge in [0.2, 0.25) is 0 Å². The lowest BCUT2D eigenvalue weighted by molar-refractivity contribution is 0.373. The van der Waals surface area contributed by atoms with Crippen LogP contribution in [0.4, 0.5) is 5.69 Å². The fourth-order valence-electron chi connectivity index (χ4n) is 2.94. The summed E-state index contributed by atoms with van der Waals surface area (Å²) in [6.07, 6.45) is 0.742. The van der Waals surface area contributed by atoms with Crippen LogP contribution < -0.4 is 15.4 Å². The molecule has 0 aliphatic carbocycles. The number of hydrogen-bond donors (Lipinski definition) is 1. The van der Waals surface area contributed by atoms with Crippen LogP contribution in [-0.2, 0) is 0 Å². The van der Waals surface area contributed by atoms with Crippen molar-refractivity contribution in [3.63, 3.8) is 0 Å². The number of methoxy groups -OCH3 is 1. The Bertz CT molecular complexity index is 801. The molecule has 0 fully saturated rings. The third kappa shape index (κ3) is 3.58. The average molecular weight is 354 g/mol. The van der Waals surface area contributed by atoms with Crippen LogP contribution >= 0.6 is 12.2 Å². The molecule has 0 spiro atoms. The Morgan fingerprint density at radius 1 is 1.24 bits per heavy atom. The second-order valence-corrected chi connectivity index (χ2v) is 6.59. The summed E-state index contributed by atoms with van der Waals surface area (Å²) in [7, 11) is 5.71. The van der Waals surface area contributed by atoms with Crippen molar-refractivity contribution in [1.29, 1.82) is 0 Å². The number of nitrogens with zero attached hydrogens (tertiary/aromatic N) is 3. The summed E-state index contributed by atoms with van der Waals surface area (Å²) < 4.78 is 5.31. The first-order chi connectivity index (χ1) is 12.0. The van der Waals surface area contributed by atoms with Crippen molar-refractivity contribution in [2.75, 3.05) is 26.1 Å². The largest absolute Gasteiger partial charge is 0.497 e. The summed E-state index contributed by atoms with van der Waals surface area (Å²) >= 11 is 5.21. The summed E-state index contributed by atoms with van der Waals surface area (Å²) in [5.74, 6) is 0.806. The summed E-state index contributed by atoms with van der Waals surface area (Å²) in [5, 5.41) is 6.67. The molecule has 1 heterocycles. The minimum absolute atomic E-state index is 0.00918. The standard InChI is InChI=1S/C19H22N4OS/c1-22(2)15-9-7-13(8-10-15)18-12-17(21-23(18)19(20)25)14-5-4-6-16(11-14)24-3/h4-11,18H,12H2,1-3H3,(H2,20,25). The number of hydrogen-bond acceptors (Lipinski definition) is 4. The average Bonchev–Trinajstić information content (AvgIpc) is 3.07. The molecule has 2 N–H and O–H groups in total. The lowest BCUT2D eigenvalue weighted by atomic mass is 9.98. The zero-order valence-electron chi connectivity index (χ0n) is 14.6. The van der Waals surface area contributed by atoms with Crippen LogP contribution in [0.5, 0.6) is 5.75 Å². The Balaban J connectivity index is 1.90. The van der Waals surface area contributed by atoms with Crippen molar-refractivity contribution < 1.29 is 4.74 Å². The molecule has 0 aromatic heterocycles. The summed E-state index contributed by atoms with van der Waals surface area (Å²) in [5.41, 5.74) is 10.2. The van der Waals surface area contributed by atoms with Gasteiger partial charge in [-0.25, -0.2) is 5.01 Å². The van der Waals surface area contributed by atoms with Crippen LogP contribution in [0.1, 0.15) is 23.6 Å². The fraction of sp³-hybridized carbons (Fsp3) is 0.263. The highest BCUT2D eigenvalue weighted by Gasteiger charge is 2.30. The molecule has 0 saturated heterocycles. The highest BCUT2D eigenvalue weighted by Crippen LogP contribution is 2.33. The molecule has 0 saturated carbocycles. The monoisotopic (exact) mass is 354 g/mol. The SMILES string of the molecule is COc1cccc(C2=NN(C(N)=S)C(c3ccc(N(C)C)cc3)C2)c1. The van der Waals surface area contributed by atoms with Gasteiger partial charge in [-0.1, -0.05) is 24.3 Å². The summed E-state index contributed by atoms with van der Waals surface area (Å²) in [6.45, 7) is 0. The van der Waals surface area contributed by atoms with E-state index < -0.39 is 0 Å². The Morgan fingerprint density at radius 3 is 2.56 bits per heavy atom. The van der Waals surface area contributed by atoms with Gasteiger partial charge in [0.15, 0.2) is 5.11 Å². The number of thiocarbonyl (C=S) groups is 1. The zero-order chi connectivity index (χ0) is 18.0. The minimum atomic E-state index is 0.00918. The fourth-order valence-corrected chi connectivity index (χ4v) is 3.11. The Kier molecular flexibility index (Phi) is 4.90. The van der Waals surface area contributed by atoms with Gasteiger partial charge < -0.3 is 15.4 Å². The molecule has 6 heteroatoms. The van der Waals surface area contributed by atoms with Crippen LogP contribution in [0.2, 0.25) is 0 Å². The maximum Gasteiger partial charge on any atom is 0.187 e. The molecular formula is C19H22N4OS. The smallest absolute Gasteiger partial charge is 0.187 e. The first-order valence-corrected chi connectivity index (χ1v) is 8.48. The van der Waals surface area contributed by atoms with Crippen LogP contribution in [0.3, 0.4) is 0 Å². The van der Waals surface area contributed by atoms with Gasteiger partial charge in [-0.15, -0.1) is 0 Å². The predicted molar refractivity (Wildman–Crippen MR) is 106 cm³/mol. The van der Waals surface area contributed by atoms with Crippen molar-refractivity contribution in [2.24, 2.45) is 10.8 Å². The van der Waals surface area contributed by atoms with Crippen molar-refractivity contribution >= 4 is 28.7 Å². The van der Waals surface area contributed by atoms with Gasteiger partial charge in [-0.05, 0) is 42.0 Å². The van der Waals surface area contributed by atoms with E-state index in [2.05, 4.69) is 34.3 Å².